The maximum Gasteiger partial charge on any atom is 0.340 e. The van der Waals surface area contributed by atoms with Crippen LogP contribution in [0.4, 0.5) is 0 Å². The Bertz CT molecular complexity index is 609. The van der Waals surface area contributed by atoms with E-state index in [1.807, 2.05) is 18.7 Å². The van der Waals surface area contributed by atoms with Gasteiger partial charge in [-0.2, -0.15) is 0 Å². The van der Waals surface area contributed by atoms with Gasteiger partial charge < -0.3 is 14.4 Å². The highest BCUT2D eigenvalue weighted by atomic mass is 79.9. The number of hydrogen-bond donors (Lipinski definition) is 0. The lowest BCUT2D eigenvalue weighted by molar-refractivity contribution is -0.146. The molecule has 0 aliphatic carbocycles. The minimum Gasteiger partial charge on any atom is -0.497 e. The number of likely N-dealkylation sites (tertiary alicyclic amines) is 1. The predicted molar refractivity (Wildman–Crippen MR) is 95.2 cm³/mol. The lowest BCUT2D eigenvalue weighted by atomic mass is 9.97. The van der Waals surface area contributed by atoms with Crippen LogP contribution in [0.25, 0.3) is 0 Å². The number of esters is 1. The molecule has 1 aliphatic heterocycles. The molecular weight excluding hydrogens is 374 g/mol. The first kappa shape index (κ1) is 18.8. The summed E-state index contributed by atoms with van der Waals surface area (Å²) in [5.74, 6) is -0.122. The quantitative estimate of drug-likeness (QED) is 0.725. The summed E-state index contributed by atoms with van der Waals surface area (Å²) >= 11 is 3.33. The molecule has 0 unspecified atom stereocenters. The summed E-state index contributed by atoms with van der Waals surface area (Å²) in [5.41, 5.74) is 0.341. The third-order valence-corrected chi connectivity index (χ3v) is 5.16. The second kappa shape index (κ2) is 8.01. The molecule has 3 atom stereocenters. The first-order valence-corrected chi connectivity index (χ1v) is 9.01. The van der Waals surface area contributed by atoms with Crippen molar-refractivity contribution in [2.24, 2.45) is 0 Å². The van der Waals surface area contributed by atoms with Crippen LogP contribution >= 0.6 is 15.9 Å². The van der Waals surface area contributed by atoms with Crippen LogP contribution in [0.1, 0.15) is 50.4 Å². The van der Waals surface area contributed by atoms with Crippen LogP contribution < -0.4 is 4.74 Å². The number of carbonyl (C=O) groups excluding carboxylic acids is 2. The molecule has 24 heavy (non-hydrogen) atoms. The fourth-order valence-corrected chi connectivity index (χ4v) is 3.54. The number of nitrogens with zero attached hydrogens (tertiary/aromatic N) is 1. The van der Waals surface area contributed by atoms with E-state index >= 15 is 0 Å². The zero-order valence-corrected chi connectivity index (χ0v) is 16.1. The van der Waals surface area contributed by atoms with Gasteiger partial charge in [0.05, 0.1) is 12.7 Å². The van der Waals surface area contributed by atoms with Crippen LogP contribution in [-0.4, -0.2) is 42.1 Å². The fraction of sp³-hybridized carbons (Fsp3) is 0.556. The van der Waals surface area contributed by atoms with Crippen molar-refractivity contribution in [1.29, 1.82) is 0 Å². The highest BCUT2D eigenvalue weighted by Crippen LogP contribution is 2.26. The van der Waals surface area contributed by atoms with Gasteiger partial charge in [-0.3, -0.25) is 4.79 Å². The summed E-state index contributed by atoms with van der Waals surface area (Å²) in [7, 11) is 1.53. The summed E-state index contributed by atoms with van der Waals surface area (Å²) in [6.45, 7) is 5.71. The number of carbonyl (C=O) groups is 2. The Hall–Kier alpha value is -1.56. The molecule has 0 radical (unpaired) electrons. The van der Waals surface area contributed by atoms with Crippen molar-refractivity contribution in [3.63, 3.8) is 0 Å². The van der Waals surface area contributed by atoms with Gasteiger partial charge in [0.1, 0.15) is 5.75 Å². The third-order valence-electron chi connectivity index (χ3n) is 4.47. The molecule has 0 spiro atoms. The molecule has 0 bridgehead atoms. The Labute approximate surface area is 151 Å². The maximum absolute atomic E-state index is 12.7. The van der Waals surface area contributed by atoms with E-state index in [-0.39, 0.29) is 18.0 Å². The van der Waals surface area contributed by atoms with Crippen molar-refractivity contribution in [2.45, 2.75) is 58.2 Å². The first-order chi connectivity index (χ1) is 11.3. The van der Waals surface area contributed by atoms with Crippen LogP contribution in [0.15, 0.2) is 22.7 Å². The normalized spacial score (nSPS) is 22.0. The van der Waals surface area contributed by atoms with E-state index in [2.05, 4.69) is 15.9 Å². The van der Waals surface area contributed by atoms with Crippen LogP contribution in [0.5, 0.6) is 5.75 Å². The minimum absolute atomic E-state index is 0.137. The van der Waals surface area contributed by atoms with E-state index < -0.39 is 12.1 Å². The van der Waals surface area contributed by atoms with Gasteiger partial charge in [-0.15, -0.1) is 0 Å². The maximum atomic E-state index is 12.7. The number of ether oxygens (including phenoxy) is 2. The second-order valence-corrected chi connectivity index (χ2v) is 7.12. The number of halogens is 1. The molecule has 1 fully saturated rings. The lowest BCUT2D eigenvalue weighted by Crippen LogP contribution is -2.51. The van der Waals surface area contributed by atoms with Gasteiger partial charge in [-0.1, -0.05) is 0 Å². The van der Waals surface area contributed by atoms with E-state index in [9.17, 15) is 9.59 Å². The number of piperidine rings is 1. The molecule has 1 aromatic carbocycles. The molecule has 6 heteroatoms. The molecule has 0 saturated carbocycles. The molecule has 1 aliphatic rings. The van der Waals surface area contributed by atoms with Gasteiger partial charge in [0.2, 0.25) is 0 Å². The van der Waals surface area contributed by atoms with Crippen LogP contribution in [0.2, 0.25) is 0 Å². The molecule has 1 heterocycles. The Balaban J connectivity index is 2.09. The van der Waals surface area contributed by atoms with Crippen LogP contribution in [0, 0.1) is 0 Å². The largest absolute Gasteiger partial charge is 0.497 e. The average molecular weight is 398 g/mol. The number of benzene rings is 1. The van der Waals surface area contributed by atoms with E-state index in [4.69, 9.17) is 9.47 Å². The molecule has 2 rings (SSSR count). The van der Waals surface area contributed by atoms with Gasteiger partial charge in [-0.25, -0.2) is 4.79 Å². The van der Waals surface area contributed by atoms with Gasteiger partial charge in [0.15, 0.2) is 6.10 Å². The van der Waals surface area contributed by atoms with Crippen LogP contribution in [0.3, 0.4) is 0 Å². The highest BCUT2D eigenvalue weighted by Gasteiger charge is 2.33. The molecule has 0 aromatic heterocycles. The summed E-state index contributed by atoms with van der Waals surface area (Å²) in [4.78, 5) is 27.0. The second-order valence-electron chi connectivity index (χ2n) is 6.27. The first-order valence-electron chi connectivity index (χ1n) is 8.21. The average Bonchev–Trinajstić information content (AvgIpc) is 2.54. The highest BCUT2D eigenvalue weighted by molar-refractivity contribution is 9.10. The van der Waals surface area contributed by atoms with E-state index in [1.165, 1.54) is 7.11 Å². The molecular formula is C18H24BrNO4. The SMILES string of the molecule is COc1ccc(Br)c(C(=O)O[C@H](C)C(=O)N2[C@H](C)CCC[C@@H]2C)c1. The molecule has 0 N–H and O–H groups in total. The number of amides is 1. The molecule has 5 nitrogen and oxygen atoms in total. The Morgan fingerprint density at radius 2 is 1.88 bits per heavy atom. The van der Waals surface area contributed by atoms with Crippen LogP contribution in [-0.2, 0) is 9.53 Å². The Kier molecular flexibility index (Phi) is 6.27. The van der Waals surface area contributed by atoms with Gasteiger partial charge in [-0.05, 0) is 74.2 Å². The zero-order chi connectivity index (χ0) is 17.9. The summed E-state index contributed by atoms with van der Waals surface area (Å²) in [5, 5.41) is 0. The summed E-state index contributed by atoms with van der Waals surface area (Å²) in [6, 6.07) is 5.40. The zero-order valence-electron chi connectivity index (χ0n) is 14.5. The standard InChI is InChI=1S/C18H24BrNO4/c1-11-6-5-7-12(2)20(11)17(21)13(3)24-18(22)15-10-14(23-4)8-9-16(15)19/h8-13H,5-7H2,1-4H3/t11-,12+,13-/m1/s1. The van der Waals surface area contributed by atoms with E-state index in [0.717, 1.165) is 19.3 Å². The van der Waals surface area contributed by atoms with E-state index in [1.54, 1.807) is 25.1 Å². The molecule has 132 valence electrons. The van der Waals surface area contributed by atoms with Crippen molar-refractivity contribution in [3.8, 4) is 5.75 Å². The predicted octanol–water partition coefficient (Wildman–Crippen LogP) is 3.79. The van der Waals surface area contributed by atoms with Gasteiger partial charge in [0.25, 0.3) is 5.91 Å². The number of hydrogen-bond acceptors (Lipinski definition) is 4. The molecule has 1 aromatic rings. The van der Waals surface area contributed by atoms with Gasteiger partial charge >= 0.3 is 5.97 Å². The van der Waals surface area contributed by atoms with E-state index in [0.29, 0.717) is 15.8 Å². The summed E-state index contributed by atoms with van der Waals surface area (Å²) < 4.78 is 11.1. The smallest absolute Gasteiger partial charge is 0.340 e. The molecule has 1 saturated heterocycles. The lowest BCUT2D eigenvalue weighted by Gasteiger charge is -2.40. The molecule has 1 amide bonds. The Morgan fingerprint density at radius 3 is 2.46 bits per heavy atom. The van der Waals surface area contributed by atoms with Crippen molar-refractivity contribution < 1.29 is 19.1 Å². The minimum atomic E-state index is -0.821. The van der Waals surface area contributed by atoms with Gasteiger partial charge in [0, 0.05) is 16.6 Å². The topological polar surface area (TPSA) is 55.8 Å². The van der Waals surface area contributed by atoms with Crippen molar-refractivity contribution in [3.05, 3.63) is 28.2 Å². The van der Waals surface area contributed by atoms with Crippen molar-refractivity contribution >= 4 is 27.8 Å². The number of methoxy groups -OCH3 is 1. The fourth-order valence-electron chi connectivity index (χ4n) is 3.13. The monoisotopic (exact) mass is 397 g/mol. The summed E-state index contributed by atoms with van der Waals surface area (Å²) in [6.07, 6.45) is 2.27. The number of rotatable bonds is 4. The van der Waals surface area contributed by atoms with Crippen molar-refractivity contribution in [1.82, 2.24) is 4.90 Å². The third kappa shape index (κ3) is 4.09. The van der Waals surface area contributed by atoms with Crippen molar-refractivity contribution in [2.75, 3.05) is 7.11 Å². The Morgan fingerprint density at radius 1 is 1.25 bits per heavy atom.